The van der Waals surface area contributed by atoms with Crippen molar-refractivity contribution in [3.63, 3.8) is 0 Å². The Morgan fingerprint density at radius 2 is 1.11 bits per heavy atom. The molecule has 8 rings (SSSR count). The maximum atomic E-state index is 11.0. The van der Waals surface area contributed by atoms with Gasteiger partial charge in [-0.05, 0) is 183 Å². The van der Waals surface area contributed by atoms with Gasteiger partial charge in [-0.15, -0.1) is 0 Å². The second-order valence-corrected chi connectivity index (χ2v) is 20.6. The number of aryl methyl sites for hydroxylation is 1. The standard InChI is InChI=1S/C12H19BN2O.C11H8N2O2.C11H16N2.C10H18O5.C7H7NO2.C5H6BNO2.2F2.FH.2O.Pd.Pt.H2/c1-13(16)15-8-2-3-11(9-15)10-4-6-12(14)7-5-10;14-13(15)11-5-3-9(4-6-11)10-2-1-7-12-8-10;12-11-5-3-9(4-6-11)10-2-1-7-13-8-10;1-9(2,3)14-7(11)13-8(12)15-10(4,5)6;1-6-2-4-7(5-3-6)8(9)10;8-6(9)5-2-1-3-7-4-5;2*1-2;;;;;;/h4-7,11,16H,2-3,8-9,14H2,1H3;1-8H;3-6,10,13H,1-2,7-8,12H2;1-6H3;2-5H,1H3;1-4,8-9H;;;1H;;;;;1H. The topological polar surface area (TPSA) is 336 Å². The monoisotopic (exact) mass is 1500 g/mol. The van der Waals surface area contributed by atoms with Gasteiger partial charge in [0.1, 0.15) is 11.2 Å². The molecule has 0 spiro atoms. The van der Waals surface area contributed by atoms with Crippen molar-refractivity contribution in [2.45, 2.75) is 104 Å². The summed E-state index contributed by atoms with van der Waals surface area (Å²) in [6.07, 6.45) is 9.22. The van der Waals surface area contributed by atoms with Gasteiger partial charge in [0.05, 0.1) is 9.85 Å². The van der Waals surface area contributed by atoms with E-state index in [4.69, 9.17) is 56.1 Å². The van der Waals surface area contributed by atoms with E-state index >= 15 is 0 Å². The first-order valence-electron chi connectivity index (χ1n) is 25.9. The van der Waals surface area contributed by atoms with Gasteiger partial charge in [0.15, 0.2) is 0 Å². The average molecular weight is 1500 g/mol. The number of hydrogen-bond donors (Lipinski definition) is 6. The number of non-ortho nitro benzene ring substituents is 2. The number of anilines is 2. The molecule has 22 nitrogen and oxygen atoms in total. The molecule has 87 heavy (non-hydrogen) atoms. The molecule has 0 saturated carbocycles. The summed E-state index contributed by atoms with van der Waals surface area (Å²) in [6, 6.07) is 36.2. The number of aromatic nitrogens is 2. The van der Waals surface area contributed by atoms with Crippen LogP contribution in [-0.2, 0) is 59.9 Å². The van der Waals surface area contributed by atoms with Crippen molar-refractivity contribution >= 4 is 54.7 Å². The summed E-state index contributed by atoms with van der Waals surface area (Å²) in [5, 5.41) is 50.6. The molecule has 0 bridgehead atoms. The number of nitrogen functional groups attached to an aromatic ring is 2. The maximum Gasteiger partial charge on any atom is 0 e. The van der Waals surface area contributed by atoms with Gasteiger partial charge in [-0.25, -0.2) is 9.59 Å². The number of ether oxygens (including phenoxy) is 3. The first-order chi connectivity index (χ1) is 40.2. The van der Waals surface area contributed by atoms with Crippen molar-refractivity contribution in [1.82, 2.24) is 20.1 Å². The number of pyridine rings is 2. The van der Waals surface area contributed by atoms with Crippen LogP contribution in [0.3, 0.4) is 0 Å². The number of nitro groups is 2. The Labute approximate surface area is 526 Å². The molecule has 0 radical (unpaired) electrons. The van der Waals surface area contributed by atoms with Gasteiger partial charge in [-0.2, -0.15) is 0 Å². The van der Waals surface area contributed by atoms with E-state index in [9.17, 15) is 34.8 Å². The van der Waals surface area contributed by atoms with E-state index in [1.165, 1.54) is 67.4 Å². The number of halogens is 5. The summed E-state index contributed by atoms with van der Waals surface area (Å²) < 4.78 is 62.8. The van der Waals surface area contributed by atoms with Crippen LogP contribution < -0.4 is 22.2 Å². The summed E-state index contributed by atoms with van der Waals surface area (Å²) in [5.41, 5.74) is 17.9. The van der Waals surface area contributed by atoms with Gasteiger partial charge in [0.25, 0.3) is 11.4 Å². The van der Waals surface area contributed by atoms with Crippen molar-refractivity contribution in [1.29, 1.82) is 0 Å². The number of nitrogens with two attached hydrogens (primary N) is 2. The predicted molar refractivity (Wildman–Crippen MR) is 316 cm³/mol. The molecule has 6 aromatic rings. The van der Waals surface area contributed by atoms with Crippen molar-refractivity contribution in [2.75, 3.05) is 37.6 Å². The van der Waals surface area contributed by atoms with E-state index in [2.05, 4.69) is 49.1 Å². The van der Waals surface area contributed by atoms with Gasteiger partial charge < -0.3 is 50.9 Å². The minimum Gasteiger partial charge on any atom is 0 e. The smallest absolute Gasteiger partial charge is 0 e. The molecule has 4 aromatic carbocycles. The van der Waals surface area contributed by atoms with Crippen LogP contribution in [0.15, 0.2) is 146 Å². The van der Waals surface area contributed by atoms with E-state index < -0.39 is 59.0 Å². The molecule has 2 aromatic heterocycles. The van der Waals surface area contributed by atoms with Gasteiger partial charge in [0.2, 0.25) is 0 Å². The first kappa shape index (κ1) is 84.1. The summed E-state index contributed by atoms with van der Waals surface area (Å²) >= 11 is -1.92. The number of hydrogen-bond acceptors (Lipinski definition) is 20. The third kappa shape index (κ3) is 39.3. The second-order valence-electron chi connectivity index (χ2n) is 20.2. The molecular formula is C56H77B2F5N8O14PdPt. The van der Waals surface area contributed by atoms with Gasteiger partial charge in [-0.3, -0.25) is 34.9 Å². The molecule has 2 unspecified atom stereocenters. The van der Waals surface area contributed by atoms with Crippen LogP contribution in [0.25, 0.3) is 11.1 Å². The Morgan fingerprint density at radius 1 is 0.690 bits per heavy atom. The molecule has 486 valence electrons. The van der Waals surface area contributed by atoms with Crippen LogP contribution in [-0.4, -0.2) is 104 Å². The van der Waals surface area contributed by atoms with Crippen LogP contribution in [0, 0.1) is 27.2 Å². The fraction of sp³-hybridized carbons (Fsp3) is 0.357. The van der Waals surface area contributed by atoms with Crippen LogP contribution in [0.4, 0.5) is 55.3 Å². The Balaban J connectivity index is -0.000000472. The van der Waals surface area contributed by atoms with E-state index in [0.717, 1.165) is 54.1 Å². The van der Waals surface area contributed by atoms with Gasteiger partial charge >= 0.3 is 51.8 Å². The molecule has 31 heteroatoms. The normalized spacial score (nSPS) is 13.6. The van der Waals surface area contributed by atoms with Crippen molar-refractivity contribution in [2.24, 2.45) is 0 Å². The fourth-order valence-electron chi connectivity index (χ4n) is 7.40. The van der Waals surface area contributed by atoms with Crippen LogP contribution in [0.5, 0.6) is 0 Å². The molecule has 4 heterocycles. The number of nitrogens with zero attached hydrogens (tertiary/aromatic N) is 5. The molecule has 2 aliphatic rings. The number of rotatable bonds is 7. The zero-order chi connectivity index (χ0) is 64.5. The quantitative estimate of drug-likeness (QED) is 0.0164. The van der Waals surface area contributed by atoms with Crippen LogP contribution in [0.2, 0.25) is 6.82 Å². The van der Waals surface area contributed by atoms with E-state index in [1.54, 1.807) is 96.5 Å². The molecule has 2 aliphatic heterocycles. The zero-order valence-electron chi connectivity index (χ0n) is 49.1. The average Bonchev–Trinajstić information content (AvgIpc) is 3.57. The molecular weight excluding hydrogens is 1430 g/mol. The van der Waals surface area contributed by atoms with E-state index in [1.807, 2.05) is 50.1 Å². The number of piperidine rings is 2. The fourth-order valence-corrected chi connectivity index (χ4v) is 7.40. The Bertz CT molecular complexity index is 2820. The van der Waals surface area contributed by atoms with Crippen molar-refractivity contribution in [3.05, 3.63) is 183 Å². The zero-order valence-corrected chi connectivity index (χ0v) is 52.9. The minimum absolute atomic E-state index is 0. The third-order valence-corrected chi connectivity index (χ3v) is 11.3. The Kier molecular flexibility index (Phi) is 45.4. The summed E-state index contributed by atoms with van der Waals surface area (Å²) in [6.45, 7) is 18.0. The maximum absolute atomic E-state index is 11.0. The number of benzene rings is 4. The third-order valence-electron chi connectivity index (χ3n) is 11.3. The summed E-state index contributed by atoms with van der Waals surface area (Å²) in [4.78, 5) is 51.6. The number of nitro benzene ring substituents is 2. The Hall–Kier alpha value is -7.15. The van der Waals surface area contributed by atoms with Crippen molar-refractivity contribution in [3.8, 4) is 11.1 Å². The summed E-state index contributed by atoms with van der Waals surface area (Å²) in [7, 11) is -1.74. The van der Waals surface area contributed by atoms with Crippen LogP contribution >= 0.6 is 0 Å². The predicted octanol–water partition coefficient (Wildman–Crippen LogP) is 11.3. The number of carbonyl (C=O) groups excluding carboxylic acids is 2. The first-order valence-corrected chi connectivity index (χ1v) is 27.8. The largest absolute Gasteiger partial charge is 0 e. The molecule has 2 atom stereocenters. The van der Waals surface area contributed by atoms with E-state index in [-0.39, 0.29) is 45.0 Å². The van der Waals surface area contributed by atoms with Crippen molar-refractivity contribution < 1.29 is 119 Å². The number of nitrogens with one attached hydrogen (secondary N) is 1. The summed E-state index contributed by atoms with van der Waals surface area (Å²) in [5.74, 6) is 1.22. The molecule has 2 fully saturated rings. The molecule has 0 aliphatic carbocycles. The van der Waals surface area contributed by atoms with Gasteiger partial charge in [-0.1, -0.05) is 54.1 Å². The SMILES string of the molecule is CB(O)N1CCCC(c2ccc(N)cc2)C1.CC(C)(C)OC(=O)OC(=O)OC(C)(C)C.Cc1ccc([N+](=O)[O-])cc1.F.FF.FF.Nc1ccc(C2CCCNC2)cc1.O=[N+]([O-])c1ccc(-c2cccnc2)cc1.OB(O)c1cccnc1.[HH].[O]=[Pt]=[O].[Pd]. The minimum atomic E-state index is -1.92. The second kappa shape index (κ2) is 47.0. The molecule has 0 amide bonds. The number of carbonyl (C=O) groups is 2. The van der Waals surface area contributed by atoms with Crippen LogP contribution in [0.1, 0.15) is 97.2 Å². The van der Waals surface area contributed by atoms with Gasteiger partial charge in [0, 0.05) is 113 Å². The van der Waals surface area contributed by atoms with E-state index in [0.29, 0.717) is 17.3 Å². The Morgan fingerprint density at radius 3 is 1.47 bits per heavy atom. The molecule has 8 N–H and O–H groups in total. The molecule has 2 saturated heterocycles.